The number of aliphatic hydroxyl groups excluding tert-OH is 5. The number of hydrogen-bond donors (Lipinski definition) is 6. The Hall–Kier alpha value is -2.37. The number of aliphatic hydroxyl groups is 5. The molecule has 0 aromatic rings. The molecule has 9 nitrogen and oxygen atoms in total. The van der Waals surface area contributed by atoms with Crippen LogP contribution < -0.4 is 5.32 Å². The van der Waals surface area contributed by atoms with Crippen molar-refractivity contribution >= 4 is 5.91 Å². The topological polar surface area (TPSA) is 149 Å². The molecule has 1 amide bonds. The molecule has 1 aliphatic heterocycles. The second-order valence-corrected chi connectivity index (χ2v) is 18.6. The normalized spacial score (nSPS) is 20.4. The smallest absolute Gasteiger partial charge is 0.220 e. The van der Waals surface area contributed by atoms with E-state index >= 15 is 0 Å². The SMILES string of the molecule is CCCCC/C=C\C/C=C\C/C=C\CCCCCCCCC(=O)NC(COC1OC(CO)C(O)C(O)C1O)C(O)/C=C/CC/C=C/CC/C=C/CCCCCCCCCCCCCCCC. The van der Waals surface area contributed by atoms with E-state index in [2.05, 4.69) is 79.9 Å². The van der Waals surface area contributed by atoms with Gasteiger partial charge >= 0.3 is 0 Å². The van der Waals surface area contributed by atoms with Gasteiger partial charge in [0.2, 0.25) is 5.91 Å². The highest BCUT2D eigenvalue weighted by atomic mass is 16.7. The molecule has 0 spiro atoms. The van der Waals surface area contributed by atoms with Gasteiger partial charge < -0.3 is 40.3 Å². The van der Waals surface area contributed by atoms with E-state index in [4.69, 9.17) is 9.47 Å². The second-order valence-electron chi connectivity index (χ2n) is 18.6. The van der Waals surface area contributed by atoms with Crippen LogP contribution in [0.5, 0.6) is 0 Å². The van der Waals surface area contributed by atoms with Crippen molar-refractivity contribution in [2.75, 3.05) is 13.2 Å². The van der Waals surface area contributed by atoms with E-state index < -0.39 is 49.5 Å². The summed E-state index contributed by atoms with van der Waals surface area (Å²) in [6, 6.07) is -0.839. The first kappa shape index (κ1) is 61.6. The number of allylic oxidation sites excluding steroid dienone is 11. The van der Waals surface area contributed by atoms with Crippen LogP contribution >= 0.6 is 0 Å². The lowest BCUT2D eigenvalue weighted by Crippen LogP contribution is -2.60. The average molecular weight is 928 g/mol. The Labute approximate surface area is 404 Å². The minimum atomic E-state index is -1.58. The van der Waals surface area contributed by atoms with Gasteiger partial charge in [-0.05, 0) is 83.5 Å². The number of amides is 1. The van der Waals surface area contributed by atoms with Crippen LogP contribution in [0.3, 0.4) is 0 Å². The number of nitrogens with one attached hydrogen (secondary N) is 1. The third-order valence-electron chi connectivity index (χ3n) is 12.5. The standard InChI is InChI=1S/C57H101NO8/c1-3-5-7-9-11-13-15-17-19-21-23-24-25-26-27-29-30-32-34-36-38-40-42-44-46-51(60)50(49-65-57-56(64)55(63)54(62)52(48-59)66-57)58-53(61)47-45-43-41-39-37-35-33-31-28-22-20-18-16-14-12-10-8-6-4-2/h12,14,18,20,28-31,36,38,44,46,50-52,54-57,59-60,62-64H,3-11,13,15-17,19,21-27,32-35,37,39-43,45,47-49H2,1-2H3,(H,58,61)/b14-12-,20-18-,30-29+,31-28-,38-36+,46-44+. The summed E-state index contributed by atoms with van der Waals surface area (Å²) in [6.45, 7) is 3.72. The van der Waals surface area contributed by atoms with Gasteiger partial charge in [-0.2, -0.15) is 0 Å². The van der Waals surface area contributed by atoms with Crippen molar-refractivity contribution in [3.05, 3.63) is 72.9 Å². The van der Waals surface area contributed by atoms with Gasteiger partial charge in [0.15, 0.2) is 6.29 Å². The molecule has 382 valence electrons. The molecule has 0 saturated carbocycles. The van der Waals surface area contributed by atoms with Crippen LogP contribution in [0.1, 0.15) is 226 Å². The summed E-state index contributed by atoms with van der Waals surface area (Å²) in [4.78, 5) is 13.0. The van der Waals surface area contributed by atoms with E-state index in [1.54, 1.807) is 6.08 Å². The molecule has 1 heterocycles. The molecular weight excluding hydrogens is 827 g/mol. The molecule has 1 rings (SSSR count). The van der Waals surface area contributed by atoms with Crippen molar-refractivity contribution in [2.24, 2.45) is 0 Å². The Morgan fingerprint density at radius 2 is 0.909 bits per heavy atom. The van der Waals surface area contributed by atoms with Gasteiger partial charge in [0.25, 0.3) is 0 Å². The number of hydrogen-bond acceptors (Lipinski definition) is 8. The van der Waals surface area contributed by atoms with E-state index in [9.17, 15) is 30.3 Å². The summed E-state index contributed by atoms with van der Waals surface area (Å²) in [5.41, 5.74) is 0. The first-order valence-electron chi connectivity index (χ1n) is 27.2. The maximum absolute atomic E-state index is 13.0. The van der Waals surface area contributed by atoms with Crippen molar-refractivity contribution in [1.29, 1.82) is 0 Å². The van der Waals surface area contributed by atoms with Gasteiger partial charge in [-0.25, -0.2) is 0 Å². The number of carbonyl (C=O) groups excluding carboxylic acids is 1. The zero-order chi connectivity index (χ0) is 48.0. The molecule has 0 aliphatic carbocycles. The van der Waals surface area contributed by atoms with Crippen LogP contribution in [-0.4, -0.2) is 87.5 Å². The summed E-state index contributed by atoms with van der Waals surface area (Å²) in [6.07, 6.45) is 56.7. The Bertz CT molecular complexity index is 1260. The predicted octanol–water partition coefficient (Wildman–Crippen LogP) is 12.9. The fourth-order valence-electron chi connectivity index (χ4n) is 8.14. The third kappa shape index (κ3) is 35.7. The van der Waals surface area contributed by atoms with E-state index in [1.165, 1.54) is 122 Å². The number of unbranched alkanes of at least 4 members (excludes halogenated alkanes) is 25. The van der Waals surface area contributed by atoms with Crippen molar-refractivity contribution in [3.8, 4) is 0 Å². The Morgan fingerprint density at radius 3 is 1.41 bits per heavy atom. The highest BCUT2D eigenvalue weighted by molar-refractivity contribution is 5.76. The van der Waals surface area contributed by atoms with Crippen molar-refractivity contribution in [2.45, 2.75) is 269 Å². The molecule has 7 unspecified atom stereocenters. The summed E-state index contributed by atoms with van der Waals surface area (Å²) in [5, 5.41) is 54.4. The molecule has 0 radical (unpaired) electrons. The molecule has 6 N–H and O–H groups in total. The largest absolute Gasteiger partial charge is 0.394 e. The van der Waals surface area contributed by atoms with E-state index in [0.717, 1.165) is 83.5 Å². The lowest BCUT2D eigenvalue weighted by molar-refractivity contribution is -0.302. The monoisotopic (exact) mass is 928 g/mol. The number of ether oxygens (including phenoxy) is 2. The fraction of sp³-hybridized carbons (Fsp3) is 0.772. The molecular formula is C57H101NO8. The molecule has 1 aliphatic rings. The predicted molar refractivity (Wildman–Crippen MR) is 276 cm³/mol. The van der Waals surface area contributed by atoms with Crippen LogP contribution in [0.4, 0.5) is 0 Å². The van der Waals surface area contributed by atoms with Gasteiger partial charge in [0.05, 0.1) is 25.4 Å². The number of carbonyl (C=O) groups is 1. The highest BCUT2D eigenvalue weighted by Gasteiger charge is 2.44. The quantitative estimate of drug-likeness (QED) is 0.0261. The molecule has 0 bridgehead atoms. The van der Waals surface area contributed by atoms with Gasteiger partial charge in [0, 0.05) is 6.42 Å². The molecule has 66 heavy (non-hydrogen) atoms. The first-order valence-corrected chi connectivity index (χ1v) is 27.2. The number of rotatable bonds is 45. The van der Waals surface area contributed by atoms with Crippen molar-refractivity contribution in [3.63, 3.8) is 0 Å². The van der Waals surface area contributed by atoms with Gasteiger partial charge in [0.1, 0.15) is 24.4 Å². The summed E-state index contributed by atoms with van der Waals surface area (Å²) >= 11 is 0. The lowest BCUT2D eigenvalue weighted by atomic mass is 9.99. The highest BCUT2D eigenvalue weighted by Crippen LogP contribution is 2.23. The van der Waals surface area contributed by atoms with E-state index in [-0.39, 0.29) is 12.5 Å². The Balaban J connectivity index is 2.32. The fourth-order valence-corrected chi connectivity index (χ4v) is 8.14. The van der Waals surface area contributed by atoms with Crippen LogP contribution in [0.25, 0.3) is 0 Å². The third-order valence-corrected chi connectivity index (χ3v) is 12.5. The Morgan fingerprint density at radius 1 is 0.515 bits per heavy atom. The zero-order valence-electron chi connectivity index (χ0n) is 42.2. The van der Waals surface area contributed by atoms with Gasteiger partial charge in [-0.15, -0.1) is 0 Å². The summed E-state index contributed by atoms with van der Waals surface area (Å²) < 4.78 is 11.2. The molecule has 0 aromatic heterocycles. The maximum Gasteiger partial charge on any atom is 0.220 e. The van der Waals surface area contributed by atoms with E-state index in [0.29, 0.717) is 6.42 Å². The van der Waals surface area contributed by atoms with Gasteiger partial charge in [-0.3, -0.25) is 4.79 Å². The van der Waals surface area contributed by atoms with Crippen LogP contribution in [0, 0.1) is 0 Å². The molecule has 7 atom stereocenters. The van der Waals surface area contributed by atoms with E-state index in [1.807, 2.05) is 6.08 Å². The zero-order valence-corrected chi connectivity index (χ0v) is 42.2. The minimum Gasteiger partial charge on any atom is -0.394 e. The molecule has 0 aromatic carbocycles. The summed E-state index contributed by atoms with van der Waals surface area (Å²) in [7, 11) is 0. The Kier molecular flexibility index (Phi) is 43.3. The second kappa shape index (κ2) is 46.4. The maximum atomic E-state index is 13.0. The van der Waals surface area contributed by atoms with Crippen LogP contribution in [0.2, 0.25) is 0 Å². The summed E-state index contributed by atoms with van der Waals surface area (Å²) in [5.74, 6) is -0.205. The van der Waals surface area contributed by atoms with Crippen molar-refractivity contribution < 1.29 is 39.8 Å². The minimum absolute atomic E-state index is 0.205. The lowest BCUT2D eigenvalue weighted by Gasteiger charge is -2.40. The first-order chi connectivity index (χ1) is 32.3. The average Bonchev–Trinajstić information content (AvgIpc) is 3.32. The van der Waals surface area contributed by atoms with Crippen LogP contribution in [0.15, 0.2) is 72.9 Å². The molecule has 1 fully saturated rings. The van der Waals surface area contributed by atoms with Crippen molar-refractivity contribution in [1.82, 2.24) is 5.32 Å². The van der Waals surface area contributed by atoms with Gasteiger partial charge in [-0.1, -0.05) is 209 Å². The van der Waals surface area contributed by atoms with Crippen LogP contribution in [-0.2, 0) is 14.3 Å². The molecule has 1 saturated heterocycles. The molecule has 9 heteroatoms.